The van der Waals surface area contributed by atoms with Crippen molar-refractivity contribution in [2.24, 2.45) is 0 Å². The summed E-state index contributed by atoms with van der Waals surface area (Å²) in [6, 6.07) is 1.48. The number of nitrogens with zero attached hydrogens (tertiary/aromatic N) is 1. The largest absolute Gasteiger partial charge is 0.493 e. The summed E-state index contributed by atoms with van der Waals surface area (Å²) in [5.74, 6) is 5.57. The lowest BCUT2D eigenvalue weighted by atomic mass is 10.2. The number of esters is 2. The Balaban J connectivity index is 0. The van der Waals surface area contributed by atoms with Gasteiger partial charge in [0.15, 0.2) is 23.8 Å². The molecule has 0 saturated carbocycles. The first-order valence-electron chi connectivity index (χ1n) is 7.33. The highest BCUT2D eigenvalue weighted by molar-refractivity contribution is 5.96. The third kappa shape index (κ3) is 6.76. The second-order valence-corrected chi connectivity index (χ2v) is 4.68. The number of carbonyl (C=O) groups is 3. The quantitative estimate of drug-likeness (QED) is 0.404. The Morgan fingerprint density at radius 3 is 2.64 bits per heavy atom. The molecule has 0 unspecified atom stereocenters. The molecule has 0 saturated heterocycles. The van der Waals surface area contributed by atoms with Crippen molar-refractivity contribution in [2.45, 2.75) is 26.2 Å². The van der Waals surface area contributed by atoms with Gasteiger partial charge in [-0.15, -0.1) is 6.42 Å². The van der Waals surface area contributed by atoms with Crippen molar-refractivity contribution in [3.63, 3.8) is 0 Å². The van der Waals surface area contributed by atoms with Crippen LogP contribution in [0.25, 0.3) is 0 Å². The predicted molar refractivity (Wildman–Crippen MR) is 92.1 cm³/mol. The lowest BCUT2D eigenvalue weighted by molar-refractivity contribution is -0.142. The zero-order valence-electron chi connectivity index (χ0n) is 14.0. The Morgan fingerprint density at radius 2 is 2.00 bits per heavy atom. The minimum absolute atomic E-state index is 0. The van der Waals surface area contributed by atoms with Crippen LogP contribution in [0, 0.1) is 24.2 Å². The van der Waals surface area contributed by atoms with Crippen molar-refractivity contribution in [3.8, 4) is 35.7 Å². The zero-order valence-corrected chi connectivity index (χ0v) is 14.0. The van der Waals surface area contributed by atoms with Gasteiger partial charge in [0.2, 0.25) is 5.75 Å². The molecule has 0 aliphatic carbocycles. The summed E-state index contributed by atoms with van der Waals surface area (Å²) in [6.45, 7) is 1.21. The van der Waals surface area contributed by atoms with Gasteiger partial charge in [-0.25, -0.2) is 4.98 Å². The number of aromatic nitrogens is 1. The van der Waals surface area contributed by atoms with Crippen LogP contribution in [0.5, 0.6) is 11.5 Å². The molecule has 0 bridgehead atoms. The van der Waals surface area contributed by atoms with Crippen LogP contribution in [0.1, 0.15) is 39.5 Å². The topological polar surface area (TPSA) is 91.8 Å². The van der Waals surface area contributed by atoms with E-state index >= 15 is 0 Å². The van der Waals surface area contributed by atoms with Crippen LogP contribution in [0.4, 0.5) is 0 Å². The lowest BCUT2D eigenvalue weighted by Gasteiger charge is -2.11. The maximum atomic E-state index is 11.9. The molecule has 0 atom stereocenters. The first kappa shape index (κ1) is 19.7. The Morgan fingerprint density at radius 1 is 1.28 bits per heavy atom. The molecule has 0 spiro atoms. The number of ketones is 1. The number of hydrogen-bond acceptors (Lipinski definition) is 7. The van der Waals surface area contributed by atoms with Crippen LogP contribution < -0.4 is 9.47 Å². The maximum absolute atomic E-state index is 11.9. The summed E-state index contributed by atoms with van der Waals surface area (Å²) in [5, 5.41) is 0. The van der Waals surface area contributed by atoms with Gasteiger partial charge in [0.05, 0.1) is 7.11 Å². The maximum Gasteiger partial charge on any atom is 0.311 e. The normalized spacial score (nSPS) is 9.16. The highest BCUT2D eigenvalue weighted by atomic mass is 16.6. The van der Waals surface area contributed by atoms with E-state index in [1.165, 1.54) is 26.3 Å². The standard InChI is InChI=1S/C18H17NO6.2H2/c1-4-5-6-12-24-15(21)8-7-9-16(22)25-18-14(23-3)10-11-19-17(18)13(2)20;;/h1,10-11H,7-9,12H2,2-3H3;2*1H. The number of rotatable bonds is 8. The number of hydrogen-bond donors (Lipinski definition) is 0. The van der Waals surface area contributed by atoms with E-state index in [1.54, 1.807) is 0 Å². The smallest absolute Gasteiger partial charge is 0.311 e. The van der Waals surface area contributed by atoms with Gasteiger partial charge in [0.1, 0.15) is 0 Å². The van der Waals surface area contributed by atoms with Gasteiger partial charge in [-0.05, 0) is 24.2 Å². The molecule has 1 rings (SSSR count). The van der Waals surface area contributed by atoms with E-state index in [2.05, 4.69) is 22.7 Å². The molecule has 1 heterocycles. The van der Waals surface area contributed by atoms with Gasteiger partial charge in [-0.2, -0.15) is 0 Å². The van der Waals surface area contributed by atoms with E-state index in [0.717, 1.165) is 0 Å². The second-order valence-electron chi connectivity index (χ2n) is 4.68. The summed E-state index contributed by atoms with van der Waals surface area (Å²) in [7, 11) is 1.38. The van der Waals surface area contributed by atoms with Crippen LogP contribution in [0.2, 0.25) is 0 Å². The highest BCUT2D eigenvalue weighted by Crippen LogP contribution is 2.30. The fourth-order valence-corrected chi connectivity index (χ4v) is 1.76. The van der Waals surface area contributed by atoms with Crippen molar-refractivity contribution in [1.82, 2.24) is 4.98 Å². The summed E-state index contributed by atoms with van der Waals surface area (Å²) in [6.07, 6.45) is 6.51. The average Bonchev–Trinajstić information content (AvgIpc) is 2.58. The Hall–Kier alpha value is -3.32. The molecular formula is C18H21NO6. The molecule has 25 heavy (non-hydrogen) atoms. The van der Waals surface area contributed by atoms with E-state index in [4.69, 9.17) is 20.6 Å². The van der Waals surface area contributed by atoms with Gasteiger partial charge < -0.3 is 14.2 Å². The molecule has 134 valence electrons. The number of terminal acetylenes is 1. The van der Waals surface area contributed by atoms with E-state index in [9.17, 15) is 14.4 Å². The molecule has 0 aliphatic rings. The summed E-state index contributed by atoms with van der Waals surface area (Å²) in [5.41, 5.74) is -0.000743. The molecule has 1 aromatic rings. The minimum Gasteiger partial charge on any atom is -0.493 e. The van der Waals surface area contributed by atoms with E-state index in [1.807, 2.05) is 0 Å². The Kier molecular flexibility index (Phi) is 8.25. The van der Waals surface area contributed by atoms with Crippen molar-refractivity contribution in [2.75, 3.05) is 13.7 Å². The van der Waals surface area contributed by atoms with Gasteiger partial charge in [-0.1, -0.05) is 0 Å². The molecule has 1 aromatic heterocycles. The second kappa shape index (κ2) is 10.5. The number of carbonyl (C=O) groups excluding carboxylic acids is 3. The summed E-state index contributed by atoms with van der Waals surface area (Å²) in [4.78, 5) is 38.8. The molecule has 0 amide bonds. The average molecular weight is 347 g/mol. The van der Waals surface area contributed by atoms with E-state index in [0.29, 0.717) is 0 Å². The third-order valence-corrected chi connectivity index (χ3v) is 2.87. The molecule has 0 radical (unpaired) electrons. The van der Waals surface area contributed by atoms with Crippen LogP contribution >= 0.6 is 0 Å². The Bertz CT molecular complexity index is 761. The summed E-state index contributed by atoms with van der Waals surface area (Å²) < 4.78 is 15.0. The highest BCUT2D eigenvalue weighted by Gasteiger charge is 2.19. The van der Waals surface area contributed by atoms with Crippen molar-refractivity contribution < 1.29 is 31.4 Å². The molecular weight excluding hydrogens is 326 g/mol. The molecule has 7 heteroatoms. The third-order valence-electron chi connectivity index (χ3n) is 2.87. The fraction of sp³-hybridized carbons (Fsp3) is 0.333. The first-order valence-corrected chi connectivity index (χ1v) is 7.33. The number of methoxy groups -OCH3 is 1. The van der Waals surface area contributed by atoms with Gasteiger partial charge in [0, 0.05) is 34.9 Å². The molecule has 0 aliphatic heterocycles. The lowest BCUT2D eigenvalue weighted by Crippen LogP contribution is -2.13. The molecule has 0 aromatic carbocycles. The SMILES string of the molecule is C#CC#CCOC(=O)CCCC(=O)Oc1c(OC)ccnc1C(C)=O.[HH].[HH]. The van der Waals surface area contributed by atoms with E-state index in [-0.39, 0.29) is 51.7 Å². The van der Waals surface area contributed by atoms with Crippen LogP contribution in [-0.4, -0.2) is 36.4 Å². The zero-order chi connectivity index (χ0) is 18.7. The molecule has 0 fully saturated rings. The van der Waals surface area contributed by atoms with Crippen molar-refractivity contribution in [3.05, 3.63) is 18.0 Å². The minimum atomic E-state index is -0.617. The van der Waals surface area contributed by atoms with Gasteiger partial charge >= 0.3 is 11.9 Å². The van der Waals surface area contributed by atoms with Crippen LogP contribution in [0.15, 0.2) is 12.3 Å². The van der Waals surface area contributed by atoms with Crippen LogP contribution in [-0.2, 0) is 14.3 Å². The molecule has 7 nitrogen and oxygen atoms in total. The molecule has 0 N–H and O–H groups in total. The monoisotopic (exact) mass is 347 g/mol. The summed E-state index contributed by atoms with van der Waals surface area (Å²) >= 11 is 0. The fourth-order valence-electron chi connectivity index (χ4n) is 1.76. The number of ether oxygens (including phenoxy) is 3. The van der Waals surface area contributed by atoms with Crippen molar-refractivity contribution in [1.29, 1.82) is 0 Å². The van der Waals surface area contributed by atoms with Crippen LogP contribution in [0.3, 0.4) is 0 Å². The van der Waals surface area contributed by atoms with Gasteiger partial charge in [-0.3, -0.25) is 14.4 Å². The predicted octanol–water partition coefficient (Wildman–Crippen LogP) is 2.04. The number of pyridine rings is 1. The van der Waals surface area contributed by atoms with Crippen molar-refractivity contribution >= 4 is 17.7 Å². The first-order chi connectivity index (χ1) is 12.0. The van der Waals surface area contributed by atoms with Gasteiger partial charge in [0.25, 0.3) is 0 Å². The number of Topliss-reactive ketones (excluding diaryl/α,β-unsaturated/α-hetero) is 1. The van der Waals surface area contributed by atoms with E-state index < -0.39 is 11.9 Å². The Labute approximate surface area is 148 Å².